The zero-order valence-corrected chi connectivity index (χ0v) is 9.47. The molecule has 1 amide bonds. The van der Waals surface area contributed by atoms with Gasteiger partial charge in [0.2, 0.25) is 5.91 Å². The van der Waals surface area contributed by atoms with Gasteiger partial charge in [-0.25, -0.2) is 0 Å². The van der Waals surface area contributed by atoms with Gasteiger partial charge in [-0.3, -0.25) is 10.1 Å². The van der Waals surface area contributed by atoms with E-state index in [1.807, 2.05) is 6.92 Å². The number of hydrogen-bond acceptors (Lipinski definition) is 5. The normalized spacial score (nSPS) is 17.1. The molecule has 88 valence electrons. The molecule has 1 aliphatic carbocycles. The minimum atomic E-state index is -0.232. The van der Waals surface area contributed by atoms with Gasteiger partial charge < -0.3 is 5.32 Å². The summed E-state index contributed by atoms with van der Waals surface area (Å²) in [6.45, 7) is 2.28. The van der Waals surface area contributed by atoms with E-state index in [2.05, 4.69) is 26.0 Å². The van der Waals surface area contributed by atoms with Gasteiger partial charge in [0.25, 0.3) is 0 Å². The summed E-state index contributed by atoms with van der Waals surface area (Å²) in [5.74, 6) is 0.625. The van der Waals surface area contributed by atoms with Gasteiger partial charge in [0.15, 0.2) is 5.82 Å². The largest absolute Gasteiger partial charge is 0.352 e. The number of carbonyl (C=O) groups excluding carboxylic acids is 1. The second-order valence-corrected chi connectivity index (χ2v) is 4.08. The van der Waals surface area contributed by atoms with Crippen molar-refractivity contribution in [2.24, 2.45) is 7.05 Å². The van der Waals surface area contributed by atoms with E-state index in [1.54, 1.807) is 7.05 Å². The summed E-state index contributed by atoms with van der Waals surface area (Å²) in [6, 6.07) is 0.163. The molecule has 1 saturated carbocycles. The molecule has 1 aromatic rings. The van der Waals surface area contributed by atoms with Crippen LogP contribution in [0.4, 0.5) is 0 Å². The number of hydrogen-bond donors (Lipinski definition) is 2. The molecule has 2 rings (SSSR count). The smallest absolute Gasteiger partial charge is 0.237 e. The lowest BCUT2D eigenvalue weighted by Crippen LogP contribution is -2.42. The molecule has 0 saturated heterocycles. The third-order valence-corrected chi connectivity index (χ3v) is 2.43. The Kier molecular flexibility index (Phi) is 3.14. The summed E-state index contributed by atoms with van der Waals surface area (Å²) in [4.78, 5) is 13.0. The number of aryl methyl sites for hydroxylation is 1. The molecule has 7 heteroatoms. The molecule has 1 aliphatic rings. The third-order valence-electron chi connectivity index (χ3n) is 2.43. The van der Waals surface area contributed by atoms with E-state index in [1.165, 1.54) is 4.80 Å². The van der Waals surface area contributed by atoms with Crippen molar-refractivity contribution in [3.8, 4) is 0 Å². The fraction of sp³-hybridized carbons (Fsp3) is 0.778. The van der Waals surface area contributed by atoms with E-state index in [-0.39, 0.29) is 11.9 Å². The van der Waals surface area contributed by atoms with E-state index in [4.69, 9.17) is 0 Å². The van der Waals surface area contributed by atoms with Crippen LogP contribution >= 0.6 is 0 Å². The fourth-order valence-electron chi connectivity index (χ4n) is 1.29. The Hall–Kier alpha value is -1.50. The number of aromatic nitrogens is 4. The maximum atomic E-state index is 11.6. The molecule has 0 aliphatic heterocycles. The van der Waals surface area contributed by atoms with Crippen molar-refractivity contribution in [3.05, 3.63) is 5.82 Å². The van der Waals surface area contributed by atoms with Gasteiger partial charge in [0.1, 0.15) is 0 Å². The van der Waals surface area contributed by atoms with Crippen molar-refractivity contribution in [2.45, 2.75) is 38.4 Å². The van der Waals surface area contributed by atoms with Crippen LogP contribution in [0.5, 0.6) is 0 Å². The molecule has 0 bridgehead atoms. The van der Waals surface area contributed by atoms with Gasteiger partial charge in [-0.1, -0.05) is 0 Å². The maximum absolute atomic E-state index is 11.6. The molecule has 1 unspecified atom stereocenters. The van der Waals surface area contributed by atoms with Gasteiger partial charge in [-0.05, 0) is 25.0 Å². The van der Waals surface area contributed by atoms with E-state index in [0.29, 0.717) is 18.4 Å². The number of nitrogens with one attached hydrogen (secondary N) is 2. The van der Waals surface area contributed by atoms with Crippen molar-refractivity contribution in [1.82, 2.24) is 30.8 Å². The SMILES string of the molecule is CC(NCc1nnn(C)n1)C(=O)NC1CC1. The molecule has 0 spiro atoms. The van der Waals surface area contributed by atoms with Crippen molar-refractivity contribution in [2.75, 3.05) is 0 Å². The lowest BCUT2D eigenvalue weighted by atomic mass is 10.3. The topological polar surface area (TPSA) is 84.7 Å². The van der Waals surface area contributed by atoms with Crippen molar-refractivity contribution in [1.29, 1.82) is 0 Å². The average molecular weight is 224 g/mol. The van der Waals surface area contributed by atoms with Crippen LogP contribution < -0.4 is 10.6 Å². The molecule has 0 aromatic carbocycles. The molecular formula is C9H16N6O. The predicted molar refractivity (Wildman–Crippen MR) is 56.3 cm³/mol. The minimum Gasteiger partial charge on any atom is -0.352 e. The highest BCUT2D eigenvalue weighted by molar-refractivity contribution is 5.81. The van der Waals surface area contributed by atoms with Crippen LogP contribution in [0.1, 0.15) is 25.6 Å². The quantitative estimate of drug-likeness (QED) is 0.668. The lowest BCUT2D eigenvalue weighted by Gasteiger charge is -2.11. The Morgan fingerprint density at radius 1 is 1.62 bits per heavy atom. The molecule has 16 heavy (non-hydrogen) atoms. The molecular weight excluding hydrogens is 208 g/mol. The molecule has 7 nitrogen and oxygen atoms in total. The van der Waals surface area contributed by atoms with Crippen molar-refractivity contribution >= 4 is 5.91 Å². The summed E-state index contributed by atoms with van der Waals surface area (Å²) < 4.78 is 0. The van der Waals surface area contributed by atoms with Gasteiger partial charge >= 0.3 is 0 Å². The predicted octanol–water partition coefficient (Wildman–Crippen LogP) is -1.03. The first-order valence-corrected chi connectivity index (χ1v) is 5.42. The molecule has 2 N–H and O–H groups in total. The highest BCUT2D eigenvalue weighted by atomic mass is 16.2. The molecule has 1 aromatic heterocycles. The molecule has 0 radical (unpaired) electrons. The monoisotopic (exact) mass is 224 g/mol. The summed E-state index contributed by atoms with van der Waals surface area (Å²) >= 11 is 0. The fourth-order valence-corrected chi connectivity index (χ4v) is 1.29. The van der Waals surface area contributed by atoms with E-state index in [9.17, 15) is 4.79 Å². The Morgan fingerprint density at radius 2 is 2.38 bits per heavy atom. The second kappa shape index (κ2) is 4.56. The minimum absolute atomic E-state index is 0.0337. The van der Waals surface area contributed by atoms with E-state index < -0.39 is 0 Å². The highest BCUT2D eigenvalue weighted by Crippen LogP contribution is 2.18. The van der Waals surface area contributed by atoms with Crippen LogP contribution in [0.3, 0.4) is 0 Å². The van der Waals surface area contributed by atoms with Crippen molar-refractivity contribution in [3.63, 3.8) is 0 Å². The molecule has 1 heterocycles. The third kappa shape index (κ3) is 2.99. The number of amides is 1. The standard InChI is InChI=1S/C9H16N6O/c1-6(9(16)11-7-3-4-7)10-5-8-12-14-15(2)13-8/h6-7,10H,3-5H2,1-2H3,(H,11,16). The Bertz CT molecular complexity index is 372. The van der Waals surface area contributed by atoms with Gasteiger partial charge in [0, 0.05) is 6.04 Å². The summed E-state index contributed by atoms with van der Waals surface area (Å²) in [5.41, 5.74) is 0. The van der Waals surface area contributed by atoms with Crippen LogP contribution in [-0.4, -0.2) is 38.2 Å². The Morgan fingerprint density at radius 3 is 2.94 bits per heavy atom. The van der Waals surface area contributed by atoms with Gasteiger partial charge in [-0.2, -0.15) is 4.80 Å². The summed E-state index contributed by atoms with van der Waals surface area (Å²) in [7, 11) is 1.71. The number of rotatable bonds is 5. The molecule has 1 atom stereocenters. The number of nitrogens with zero attached hydrogens (tertiary/aromatic N) is 4. The van der Waals surface area contributed by atoms with Crippen LogP contribution in [0, 0.1) is 0 Å². The van der Waals surface area contributed by atoms with Crippen LogP contribution in [0.2, 0.25) is 0 Å². The van der Waals surface area contributed by atoms with E-state index >= 15 is 0 Å². The second-order valence-electron chi connectivity index (χ2n) is 4.08. The zero-order chi connectivity index (χ0) is 11.5. The Labute approximate surface area is 93.6 Å². The molecule has 1 fully saturated rings. The first kappa shape index (κ1) is 11.0. The number of carbonyl (C=O) groups is 1. The average Bonchev–Trinajstić information content (AvgIpc) is 2.96. The zero-order valence-electron chi connectivity index (χ0n) is 9.47. The van der Waals surface area contributed by atoms with Gasteiger partial charge in [-0.15, -0.1) is 10.2 Å². The van der Waals surface area contributed by atoms with Gasteiger partial charge in [0.05, 0.1) is 19.6 Å². The number of tetrazole rings is 1. The maximum Gasteiger partial charge on any atom is 0.237 e. The van der Waals surface area contributed by atoms with E-state index in [0.717, 1.165) is 12.8 Å². The van der Waals surface area contributed by atoms with Crippen LogP contribution in [0.15, 0.2) is 0 Å². The summed E-state index contributed by atoms with van der Waals surface area (Å²) in [6.07, 6.45) is 2.20. The Balaban J connectivity index is 1.73. The lowest BCUT2D eigenvalue weighted by molar-refractivity contribution is -0.122. The van der Waals surface area contributed by atoms with Crippen LogP contribution in [-0.2, 0) is 18.4 Å². The van der Waals surface area contributed by atoms with Crippen LogP contribution in [0.25, 0.3) is 0 Å². The first-order valence-electron chi connectivity index (χ1n) is 5.42. The van der Waals surface area contributed by atoms with Crippen molar-refractivity contribution < 1.29 is 4.79 Å². The highest BCUT2D eigenvalue weighted by Gasteiger charge is 2.25. The first-order chi connectivity index (χ1) is 7.65. The summed E-state index contributed by atoms with van der Waals surface area (Å²) in [5, 5.41) is 17.5.